The number of amides is 1. The Morgan fingerprint density at radius 1 is 1.04 bits per heavy atom. The average Bonchev–Trinajstić information content (AvgIpc) is 2.69. The second-order valence-corrected chi connectivity index (χ2v) is 6.03. The summed E-state index contributed by atoms with van der Waals surface area (Å²) in [5.74, 6) is -0.224. The van der Waals surface area contributed by atoms with E-state index in [1.165, 1.54) is 30.5 Å². The number of carbonyl (C=O) groups is 1. The Morgan fingerprint density at radius 3 is 2.52 bits per heavy atom. The second-order valence-electron chi connectivity index (χ2n) is 5.62. The standard InChI is InChI=1S/C21H16ClFN2O2/c22-19-7-3-1-6-17(19)14-27-20-8-4-2-5-16(20)13-24-25-21(26)15-9-11-18(23)12-10-15/h1-13H,14H2,(H,25,26)/b24-13-. The molecule has 0 unspecified atom stereocenters. The molecule has 0 fully saturated rings. The first-order valence-corrected chi connectivity index (χ1v) is 8.55. The van der Waals surface area contributed by atoms with Crippen molar-refractivity contribution in [3.8, 4) is 5.75 Å². The molecule has 0 aromatic heterocycles. The van der Waals surface area contributed by atoms with Crippen molar-refractivity contribution in [2.45, 2.75) is 6.61 Å². The highest BCUT2D eigenvalue weighted by Crippen LogP contribution is 2.20. The van der Waals surface area contributed by atoms with Gasteiger partial charge in [-0.3, -0.25) is 4.79 Å². The summed E-state index contributed by atoms with van der Waals surface area (Å²) in [6.07, 6.45) is 1.49. The Balaban J connectivity index is 1.65. The van der Waals surface area contributed by atoms with Crippen LogP contribution < -0.4 is 10.2 Å². The maximum atomic E-state index is 12.9. The van der Waals surface area contributed by atoms with Gasteiger partial charge in [0.05, 0.1) is 6.21 Å². The number of nitrogens with zero attached hydrogens (tertiary/aromatic N) is 1. The average molecular weight is 383 g/mol. The number of nitrogens with one attached hydrogen (secondary N) is 1. The van der Waals surface area contributed by atoms with Crippen LogP contribution in [0.3, 0.4) is 0 Å². The van der Waals surface area contributed by atoms with Gasteiger partial charge in [0.15, 0.2) is 0 Å². The molecular formula is C21H16ClFN2O2. The molecule has 27 heavy (non-hydrogen) atoms. The highest BCUT2D eigenvalue weighted by molar-refractivity contribution is 6.31. The zero-order valence-electron chi connectivity index (χ0n) is 14.2. The van der Waals surface area contributed by atoms with Crippen molar-refractivity contribution in [1.29, 1.82) is 0 Å². The maximum Gasteiger partial charge on any atom is 0.271 e. The summed E-state index contributed by atoms with van der Waals surface area (Å²) >= 11 is 6.14. The predicted octanol–water partition coefficient (Wildman–Crippen LogP) is 4.82. The third-order valence-corrected chi connectivity index (χ3v) is 4.10. The van der Waals surface area contributed by atoms with E-state index < -0.39 is 11.7 Å². The molecule has 0 saturated carbocycles. The number of hydrogen-bond donors (Lipinski definition) is 1. The summed E-state index contributed by atoms with van der Waals surface area (Å²) in [6.45, 7) is 0.312. The molecule has 4 nitrogen and oxygen atoms in total. The summed E-state index contributed by atoms with van der Waals surface area (Å²) in [7, 11) is 0. The van der Waals surface area contributed by atoms with Crippen LogP contribution in [0.2, 0.25) is 5.02 Å². The molecule has 3 aromatic rings. The van der Waals surface area contributed by atoms with E-state index in [-0.39, 0.29) is 0 Å². The van der Waals surface area contributed by atoms with Crippen LogP contribution in [-0.2, 0) is 6.61 Å². The Bertz CT molecular complexity index is 958. The minimum atomic E-state index is -0.430. The number of benzene rings is 3. The minimum absolute atomic E-state index is 0.312. The van der Waals surface area contributed by atoms with E-state index in [9.17, 15) is 9.18 Å². The van der Waals surface area contributed by atoms with E-state index in [2.05, 4.69) is 10.5 Å². The van der Waals surface area contributed by atoms with E-state index in [0.29, 0.717) is 28.5 Å². The van der Waals surface area contributed by atoms with E-state index >= 15 is 0 Å². The van der Waals surface area contributed by atoms with Gasteiger partial charge in [0.25, 0.3) is 5.91 Å². The van der Waals surface area contributed by atoms with Gasteiger partial charge in [0, 0.05) is 21.7 Å². The molecule has 1 N–H and O–H groups in total. The lowest BCUT2D eigenvalue weighted by molar-refractivity contribution is 0.0955. The van der Waals surface area contributed by atoms with Gasteiger partial charge in [-0.15, -0.1) is 0 Å². The molecule has 0 bridgehead atoms. The Morgan fingerprint density at radius 2 is 1.74 bits per heavy atom. The van der Waals surface area contributed by atoms with Crippen LogP contribution >= 0.6 is 11.6 Å². The van der Waals surface area contributed by atoms with Gasteiger partial charge < -0.3 is 4.74 Å². The maximum absolute atomic E-state index is 12.9. The first kappa shape index (κ1) is 18.6. The van der Waals surface area contributed by atoms with Crippen LogP contribution in [-0.4, -0.2) is 12.1 Å². The van der Waals surface area contributed by atoms with Gasteiger partial charge in [-0.2, -0.15) is 5.10 Å². The Kier molecular flexibility index (Phi) is 6.18. The molecule has 6 heteroatoms. The lowest BCUT2D eigenvalue weighted by atomic mass is 10.2. The van der Waals surface area contributed by atoms with Crippen molar-refractivity contribution in [3.05, 3.63) is 100 Å². The molecule has 0 aliphatic heterocycles. The van der Waals surface area contributed by atoms with Crippen LogP contribution in [0.1, 0.15) is 21.5 Å². The lowest BCUT2D eigenvalue weighted by Crippen LogP contribution is -2.17. The third-order valence-electron chi connectivity index (χ3n) is 3.74. The van der Waals surface area contributed by atoms with Crippen LogP contribution in [0.4, 0.5) is 4.39 Å². The van der Waals surface area contributed by atoms with Crippen molar-refractivity contribution < 1.29 is 13.9 Å². The lowest BCUT2D eigenvalue weighted by Gasteiger charge is -2.10. The number of hydrogen-bond acceptors (Lipinski definition) is 3. The molecule has 3 rings (SSSR count). The molecule has 136 valence electrons. The summed E-state index contributed by atoms with van der Waals surface area (Å²) < 4.78 is 18.7. The number of ether oxygens (including phenoxy) is 1. The largest absolute Gasteiger partial charge is 0.488 e. The van der Waals surface area contributed by atoms with Crippen LogP contribution in [0.5, 0.6) is 5.75 Å². The minimum Gasteiger partial charge on any atom is -0.488 e. The number of rotatable bonds is 6. The van der Waals surface area contributed by atoms with E-state index in [4.69, 9.17) is 16.3 Å². The fraction of sp³-hybridized carbons (Fsp3) is 0.0476. The number of hydrazone groups is 1. The van der Waals surface area contributed by atoms with Gasteiger partial charge in [-0.1, -0.05) is 41.9 Å². The van der Waals surface area contributed by atoms with Crippen molar-refractivity contribution in [2.75, 3.05) is 0 Å². The SMILES string of the molecule is O=C(N/N=C\c1ccccc1OCc1ccccc1Cl)c1ccc(F)cc1. The first-order valence-electron chi connectivity index (χ1n) is 8.17. The van der Waals surface area contributed by atoms with Gasteiger partial charge in [0.1, 0.15) is 18.2 Å². The van der Waals surface area contributed by atoms with Crippen molar-refractivity contribution in [1.82, 2.24) is 5.43 Å². The van der Waals surface area contributed by atoms with E-state index in [1.54, 1.807) is 12.1 Å². The number of carbonyl (C=O) groups excluding carboxylic acids is 1. The molecule has 0 aliphatic carbocycles. The van der Waals surface area contributed by atoms with Gasteiger partial charge in [-0.25, -0.2) is 9.82 Å². The highest BCUT2D eigenvalue weighted by Gasteiger charge is 2.06. The van der Waals surface area contributed by atoms with Crippen molar-refractivity contribution in [3.63, 3.8) is 0 Å². The van der Waals surface area contributed by atoms with Gasteiger partial charge >= 0.3 is 0 Å². The molecule has 0 aliphatic rings. The molecular weight excluding hydrogens is 367 g/mol. The zero-order chi connectivity index (χ0) is 19.1. The summed E-state index contributed by atoms with van der Waals surface area (Å²) in [5.41, 5.74) is 4.29. The molecule has 0 radical (unpaired) electrons. The molecule has 0 atom stereocenters. The summed E-state index contributed by atoms with van der Waals surface area (Å²) in [4.78, 5) is 12.0. The Hall–Kier alpha value is -3.18. The molecule has 0 saturated heterocycles. The first-order chi connectivity index (χ1) is 13.1. The smallest absolute Gasteiger partial charge is 0.271 e. The third kappa shape index (κ3) is 5.15. The number of para-hydroxylation sites is 1. The number of halogens is 2. The topological polar surface area (TPSA) is 50.7 Å². The zero-order valence-corrected chi connectivity index (χ0v) is 15.0. The molecule has 0 heterocycles. The van der Waals surface area contributed by atoms with Crippen molar-refractivity contribution in [2.24, 2.45) is 5.10 Å². The second kappa shape index (κ2) is 8.96. The predicted molar refractivity (Wildman–Crippen MR) is 104 cm³/mol. The van der Waals surface area contributed by atoms with E-state index in [0.717, 1.165) is 5.56 Å². The fourth-order valence-corrected chi connectivity index (χ4v) is 2.51. The quantitative estimate of drug-likeness (QED) is 0.490. The Labute approximate surface area is 161 Å². The molecule has 3 aromatic carbocycles. The summed E-state index contributed by atoms with van der Waals surface area (Å²) in [6, 6.07) is 20.0. The monoisotopic (exact) mass is 382 g/mol. The molecule has 1 amide bonds. The van der Waals surface area contributed by atoms with Crippen LogP contribution in [0.25, 0.3) is 0 Å². The van der Waals surface area contributed by atoms with Gasteiger partial charge in [-0.05, 0) is 42.5 Å². The van der Waals surface area contributed by atoms with E-state index in [1.807, 2.05) is 36.4 Å². The molecule has 0 spiro atoms. The highest BCUT2D eigenvalue weighted by atomic mass is 35.5. The van der Waals surface area contributed by atoms with Crippen molar-refractivity contribution >= 4 is 23.7 Å². The normalized spacial score (nSPS) is 10.7. The summed E-state index contributed by atoms with van der Waals surface area (Å²) in [5, 5.41) is 4.58. The van der Waals surface area contributed by atoms with Crippen LogP contribution in [0, 0.1) is 5.82 Å². The fourth-order valence-electron chi connectivity index (χ4n) is 2.32. The van der Waals surface area contributed by atoms with Gasteiger partial charge in [0.2, 0.25) is 0 Å². The van der Waals surface area contributed by atoms with Crippen LogP contribution in [0.15, 0.2) is 77.9 Å².